The zero-order chi connectivity index (χ0) is 15.8. The highest BCUT2D eigenvalue weighted by molar-refractivity contribution is 9.10. The molecule has 0 radical (unpaired) electrons. The number of amides is 1. The molecule has 7 nitrogen and oxygen atoms in total. The number of hydrogen-bond donors (Lipinski definition) is 0. The van der Waals surface area contributed by atoms with E-state index in [0.717, 1.165) is 0 Å². The van der Waals surface area contributed by atoms with E-state index >= 15 is 0 Å². The summed E-state index contributed by atoms with van der Waals surface area (Å²) < 4.78 is 22.4. The van der Waals surface area contributed by atoms with Crippen molar-refractivity contribution in [2.45, 2.75) is 6.42 Å². The highest BCUT2D eigenvalue weighted by atomic mass is 79.9. The standard InChI is InChI=1S/C11H10BrClN2O5S/c12-8-2-1-3-9(11(8)15(17)18)14-5-7(4-10(14)16)6-21(13,19)20/h1-3,7H,4-6H2. The third kappa shape index (κ3) is 3.72. The van der Waals surface area contributed by atoms with Crippen LogP contribution in [0.15, 0.2) is 22.7 Å². The number of rotatable bonds is 4. The molecule has 21 heavy (non-hydrogen) atoms. The molecule has 1 saturated heterocycles. The number of benzene rings is 1. The Labute approximate surface area is 133 Å². The van der Waals surface area contributed by atoms with Crippen molar-refractivity contribution in [2.24, 2.45) is 5.92 Å². The molecule has 0 aromatic heterocycles. The molecule has 0 bridgehead atoms. The van der Waals surface area contributed by atoms with E-state index in [4.69, 9.17) is 10.7 Å². The molecular weight excluding hydrogens is 388 g/mol. The van der Waals surface area contributed by atoms with Crippen LogP contribution < -0.4 is 4.90 Å². The second-order valence-corrected chi connectivity index (χ2v) is 8.32. The SMILES string of the molecule is O=C1CC(CS(=O)(=O)Cl)CN1c1cccc(Br)c1[N+](=O)[O-]. The van der Waals surface area contributed by atoms with Gasteiger partial charge in [-0.2, -0.15) is 0 Å². The van der Waals surface area contributed by atoms with Gasteiger partial charge >= 0.3 is 5.69 Å². The van der Waals surface area contributed by atoms with Crippen molar-refractivity contribution in [1.82, 2.24) is 0 Å². The van der Waals surface area contributed by atoms with E-state index in [2.05, 4.69) is 15.9 Å². The molecule has 1 aromatic rings. The van der Waals surface area contributed by atoms with E-state index < -0.39 is 19.9 Å². The van der Waals surface area contributed by atoms with Crippen LogP contribution in [0, 0.1) is 16.0 Å². The normalized spacial score (nSPS) is 19.0. The molecule has 1 fully saturated rings. The molecule has 10 heteroatoms. The van der Waals surface area contributed by atoms with Crippen LogP contribution in [-0.4, -0.2) is 31.5 Å². The number of hydrogen-bond acceptors (Lipinski definition) is 5. The quantitative estimate of drug-likeness (QED) is 0.441. The minimum absolute atomic E-state index is 0.00435. The predicted molar refractivity (Wildman–Crippen MR) is 80.9 cm³/mol. The third-order valence-corrected chi connectivity index (χ3v) is 4.97. The summed E-state index contributed by atoms with van der Waals surface area (Å²) in [5.41, 5.74) is -0.0749. The number of carbonyl (C=O) groups excluding carboxylic acids is 1. The first kappa shape index (κ1) is 16.2. The molecule has 1 amide bonds. The van der Waals surface area contributed by atoms with Crippen molar-refractivity contribution >= 4 is 52.9 Å². The number of para-hydroxylation sites is 1. The van der Waals surface area contributed by atoms with Crippen molar-refractivity contribution in [3.05, 3.63) is 32.8 Å². The molecule has 1 unspecified atom stereocenters. The molecule has 2 rings (SSSR count). The molecule has 1 atom stereocenters. The van der Waals surface area contributed by atoms with Crippen molar-refractivity contribution < 1.29 is 18.1 Å². The van der Waals surface area contributed by atoms with E-state index in [1.807, 2.05) is 0 Å². The van der Waals surface area contributed by atoms with Gasteiger partial charge in [0, 0.05) is 29.6 Å². The second kappa shape index (κ2) is 5.90. The first-order chi connectivity index (χ1) is 9.69. The van der Waals surface area contributed by atoms with Crippen LogP contribution in [0.25, 0.3) is 0 Å². The molecule has 1 aliphatic rings. The van der Waals surface area contributed by atoms with E-state index in [1.165, 1.54) is 17.0 Å². The number of anilines is 1. The first-order valence-electron chi connectivity index (χ1n) is 5.84. The predicted octanol–water partition coefficient (Wildman–Crippen LogP) is 2.28. The molecular formula is C11H10BrClN2O5S. The van der Waals surface area contributed by atoms with Gasteiger partial charge in [0.25, 0.3) is 0 Å². The molecule has 0 saturated carbocycles. The molecule has 0 aliphatic carbocycles. The highest BCUT2D eigenvalue weighted by Crippen LogP contribution is 2.38. The van der Waals surface area contributed by atoms with Gasteiger partial charge in [-0.3, -0.25) is 14.9 Å². The monoisotopic (exact) mass is 396 g/mol. The number of nitro benzene ring substituents is 1. The average Bonchev–Trinajstić information content (AvgIpc) is 2.66. The van der Waals surface area contributed by atoms with Crippen molar-refractivity contribution in [3.8, 4) is 0 Å². The topological polar surface area (TPSA) is 97.6 Å². The molecule has 114 valence electrons. The second-order valence-electron chi connectivity index (χ2n) is 4.64. The van der Waals surface area contributed by atoms with Crippen LogP contribution in [0.5, 0.6) is 0 Å². The van der Waals surface area contributed by atoms with Crippen LogP contribution in [0.3, 0.4) is 0 Å². The lowest BCUT2D eigenvalue weighted by atomic mass is 10.1. The smallest absolute Gasteiger partial charge is 0.306 e. The summed E-state index contributed by atoms with van der Waals surface area (Å²) in [6.07, 6.45) is -0.00435. The zero-order valence-corrected chi connectivity index (χ0v) is 13.7. The van der Waals surface area contributed by atoms with Gasteiger partial charge in [-0.25, -0.2) is 8.42 Å². The third-order valence-electron chi connectivity index (χ3n) is 3.08. The number of halogens is 2. The Bertz CT molecular complexity index is 709. The number of nitrogens with zero attached hydrogens (tertiary/aromatic N) is 2. The fourth-order valence-electron chi connectivity index (χ4n) is 2.31. The summed E-state index contributed by atoms with van der Waals surface area (Å²) in [4.78, 5) is 23.8. The largest absolute Gasteiger partial charge is 0.307 e. The van der Waals surface area contributed by atoms with Crippen LogP contribution in [0.1, 0.15) is 6.42 Å². The Morgan fingerprint density at radius 2 is 2.14 bits per heavy atom. The lowest BCUT2D eigenvalue weighted by Crippen LogP contribution is -2.26. The van der Waals surface area contributed by atoms with Crippen molar-refractivity contribution in [3.63, 3.8) is 0 Å². The summed E-state index contributed by atoms with van der Waals surface area (Å²) in [5, 5.41) is 11.1. The van der Waals surface area contributed by atoms with E-state index in [0.29, 0.717) is 0 Å². The van der Waals surface area contributed by atoms with E-state index in [-0.39, 0.29) is 40.5 Å². The van der Waals surface area contributed by atoms with Gasteiger partial charge < -0.3 is 4.90 Å². The zero-order valence-electron chi connectivity index (χ0n) is 10.5. The lowest BCUT2D eigenvalue weighted by molar-refractivity contribution is -0.384. The highest BCUT2D eigenvalue weighted by Gasteiger charge is 2.36. The minimum Gasteiger partial charge on any atom is -0.306 e. The fraction of sp³-hybridized carbons (Fsp3) is 0.364. The van der Waals surface area contributed by atoms with Crippen LogP contribution in [0.4, 0.5) is 11.4 Å². The number of nitro groups is 1. The summed E-state index contributed by atoms with van der Waals surface area (Å²) in [6, 6.07) is 4.53. The fourth-order valence-corrected chi connectivity index (χ4v) is 4.13. The number of carbonyl (C=O) groups is 1. The van der Waals surface area contributed by atoms with Crippen molar-refractivity contribution in [2.75, 3.05) is 17.2 Å². The van der Waals surface area contributed by atoms with Gasteiger partial charge in [0.15, 0.2) is 0 Å². The lowest BCUT2D eigenvalue weighted by Gasteiger charge is -2.17. The van der Waals surface area contributed by atoms with Crippen LogP contribution in [0.2, 0.25) is 0 Å². The van der Waals surface area contributed by atoms with E-state index in [1.54, 1.807) is 6.07 Å². The Kier molecular flexibility index (Phi) is 4.54. The Balaban J connectivity index is 2.34. The first-order valence-corrected chi connectivity index (χ1v) is 9.12. The minimum atomic E-state index is -3.72. The maximum Gasteiger partial charge on any atom is 0.307 e. The van der Waals surface area contributed by atoms with E-state index in [9.17, 15) is 23.3 Å². The Hall–Kier alpha value is -1.19. The summed E-state index contributed by atoms with van der Waals surface area (Å²) in [7, 11) is 1.47. The van der Waals surface area contributed by atoms with Gasteiger partial charge in [-0.05, 0) is 28.1 Å². The molecule has 0 N–H and O–H groups in total. The van der Waals surface area contributed by atoms with Gasteiger partial charge in [0.05, 0.1) is 15.1 Å². The maximum atomic E-state index is 12.0. The van der Waals surface area contributed by atoms with Gasteiger partial charge in [0.2, 0.25) is 15.0 Å². The van der Waals surface area contributed by atoms with Crippen LogP contribution in [-0.2, 0) is 13.8 Å². The summed E-state index contributed by atoms with van der Waals surface area (Å²) in [6.45, 7) is 0.0854. The van der Waals surface area contributed by atoms with Crippen LogP contribution >= 0.6 is 26.6 Å². The average molecular weight is 398 g/mol. The molecule has 0 spiro atoms. The van der Waals surface area contributed by atoms with Gasteiger partial charge in [-0.1, -0.05) is 6.07 Å². The summed E-state index contributed by atoms with van der Waals surface area (Å²) in [5.74, 6) is -1.17. The van der Waals surface area contributed by atoms with Gasteiger partial charge in [-0.15, -0.1) is 0 Å². The van der Waals surface area contributed by atoms with Gasteiger partial charge in [0.1, 0.15) is 5.69 Å². The molecule has 1 aromatic carbocycles. The molecule has 1 aliphatic heterocycles. The summed E-state index contributed by atoms with van der Waals surface area (Å²) >= 11 is 3.08. The Morgan fingerprint density at radius 3 is 2.71 bits per heavy atom. The maximum absolute atomic E-state index is 12.0. The Morgan fingerprint density at radius 1 is 1.48 bits per heavy atom. The van der Waals surface area contributed by atoms with Crippen molar-refractivity contribution in [1.29, 1.82) is 0 Å². The molecule has 1 heterocycles.